The Morgan fingerprint density at radius 3 is 1.29 bits per heavy atom. The Morgan fingerprint density at radius 1 is 0.714 bits per heavy atom. The van der Waals surface area contributed by atoms with Gasteiger partial charge in [-0.15, -0.1) is 12.4 Å². The topological polar surface area (TPSA) is 326 Å². The summed E-state index contributed by atoms with van der Waals surface area (Å²) in [5, 5.41) is 95.4. The molecule has 0 heterocycles. The molecule has 0 amide bonds. The normalized spacial score (nSPS) is 18.2. The maximum Gasteiger partial charge on any atom is 0.320 e. The first-order valence-electron chi connectivity index (χ1n) is 10.0. The number of hydrogen-bond donors (Lipinski definition) is 13. The van der Waals surface area contributed by atoms with Crippen molar-refractivity contribution in [3.8, 4) is 0 Å². The van der Waals surface area contributed by atoms with Crippen LogP contribution in [0, 0.1) is 0 Å². The molecule has 0 aromatic rings. The number of unbranched alkanes of at least 4 members (excludes halogenated alkanes) is 1. The minimum absolute atomic E-state index is 0. The van der Waals surface area contributed by atoms with Crippen LogP contribution >= 0.6 is 12.4 Å². The molecule has 0 bridgehead atoms. The van der Waals surface area contributed by atoms with Crippen molar-refractivity contribution in [2.45, 2.75) is 74.1 Å². The summed E-state index contributed by atoms with van der Waals surface area (Å²) in [5.74, 6) is -0.933. The number of nitrogens with two attached hydrogens (primary N) is 2. The average Bonchev–Trinajstić information content (AvgIpc) is 2.85. The maximum absolute atomic E-state index is 10.1. The Balaban J connectivity index is -0.000000204. The smallest absolute Gasteiger partial charge is 0.320 e. The van der Waals surface area contributed by atoms with Crippen LogP contribution in [0.15, 0.2) is 0 Å². The van der Waals surface area contributed by atoms with Gasteiger partial charge in [0.2, 0.25) is 0 Å². The number of halogens is 1. The van der Waals surface area contributed by atoms with E-state index in [9.17, 15) is 14.4 Å². The van der Waals surface area contributed by atoms with Crippen molar-refractivity contribution in [3.63, 3.8) is 0 Å². The molecule has 0 aliphatic carbocycles. The van der Waals surface area contributed by atoms with Gasteiger partial charge < -0.3 is 77.2 Å². The molecule has 0 aliphatic heterocycles. The number of carbonyl (C=O) groups excluding carboxylic acids is 2. The minimum atomic E-state index is -1.79. The molecule has 0 aromatic heterocycles. The number of aliphatic carboxylic acids is 1. The standard InChI is InChI=1S/C6H14N2O2.2C6H12O6.ClH/c7-4-2-1-3-5(8)6(9)10;2*7-1-3(9)5(11)6(12)4(10)2-8;/h5H,1-4,7-8H2,(H,9,10);2*1,3-6,8-12H,2H2;1H. The first-order valence-corrected chi connectivity index (χ1v) is 10.0. The summed E-state index contributed by atoms with van der Waals surface area (Å²) >= 11 is 0. The molecule has 0 rings (SSSR count). The molecular formula is C18H39ClN2O14. The monoisotopic (exact) mass is 542 g/mol. The van der Waals surface area contributed by atoms with Gasteiger partial charge in [0.15, 0.2) is 12.6 Å². The largest absolute Gasteiger partial charge is 0.480 e. The highest BCUT2D eigenvalue weighted by atomic mass is 35.5. The summed E-state index contributed by atoms with van der Waals surface area (Å²) in [6.07, 6.45) is -11.5. The van der Waals surface area contributed by atoms with E-state index in [4.69, 9.17) is 67.6 Å². The van der Waals surface area contributed by atoms with Gasteiger partial charge in [0.05, 0.1) is 13.2 Å². The summed E-state index contributed by atoms with van der Waals surface area (Å²) < 4.78 is 0. The lowest BCUT2D eigenvalue weighted by atomic mass is 10.0. The summed E-state index contributed by atoms with van der Waals surface area (Å²) in [6.45, 7) is -0.917. The molecule has 0 fully saturated rings. The van der Waals surface area contributed by atoms with Crippen LogP contribution in [0.3, 0.4) is 0 Å². The summed E-state index contributed by atoms with van der Waals surface area (Å²) in [4.78, 5) is 29.9. The molecule has 212 valence electrons. The van der Waals surface area contributed by atoms with E-state index in [1.54, 1.807) is 0 Å². The summed E-state index contributed by atoms with van der Waals surface area (Å²) in [7, 11) is 0. The third-order valence-corrected chi connectivity index (χ3v) is 4.13. The van der Waals surface area contributed by atoms with Crippen molar-refractivity contribution < 1.29 is 70.6 Å². The Kier molecular flexibility index (Phi) is 28.3. The number of carboxylic acid groups (broad SMARTS) is 1. The van der Waals surface area contributed by atoms with Crippen LogP contribution < -0.4 is 11.5 Å². The fraction of sp³-hybridized carbons (Fsp3) is 0.833. The number of hydrogen-bond acceptors (Lipinski definition) is 15. The minimum Gasteiger partial charge on any atom is -0.480 e. The second-order valence-electron chi connectivity index (χ2n) is 6.94. The molecule has 0 spiro atoms. The van der Waals surface area contributed by atoms with Gasteiger partial charge in [-0.25, -0.2) is 0 Å². The number of aliphatic hydroxyl groups excluding tert-OH is 10. The second-order valence-corrected chi connectivity index (χ2v) is 6.94. The van der Waals surface area contributed by atoms with Crippen LogP contribution in [0.4, 0.5) is 0 Å². The first-order chi connectivity index (χ1) is 15.8. The van der Waals surface area contributed by atoms with Gasteiger partial charge in [0.25, 0.3) is 0 Å². The van der Waals surface area contributed by atoms with E-state index in [0.717, 1.165) is 12.8 Å². The lowest BCUT2D eigenvalue weighted by Crippen LogP contribution is -2.46. The van der Waals surface area contributed by atoms with Gasteiger partial charge in [-0.3, -0.25) is 4.79 Å². The van der Waals surface area contributed by atoms with Gasteiger partial charge in [-0.2, -0.15) is 0 Å². The summed E-state index contributed by atoms with van der Waals surface area (Å²) in [5.41, 5.74) is 10.4. The Hall–Kier alpha value is -1.38. The van der Waals surface area contributed by atoms with Crippen molar-refractivity contribution in [2.75, 3.05) is 19.8 Å². The van der Waals surface area contributed by atoms with Crippen LogP contribution in [0.2, 0.25) is 0 Å². The first kappa shape index (κ1) is 40.8. The van der Waals surface area contributed by atoms with Crippen LogP contribution in [0.5, 0.6) is 0 Å². The highest BCUT2D eigenvalue weighted by Crippen LogP contribution is 2.04. The van der Waals surface area contributed by atoms with Gasteiger partial charge >= 0.3 is 5.97 Å². The van der Waals surface area contributed by atoms with Gasteiger partial charge in [0.1, 0.15) is 54.9 Å². The highest BCUT2D eigenvalue weighted by molar-refractivity contribution is 5.85. The second kappa shape index (κ2) is 24.3. The van der Waals surface area contributed by atoms with Crippen molar-refractivity contribution in [2.24, 2.45) is 11.5 Å². The van der Waals surface area contributed by atoms with Gasteiger partial charge in [-0.05, 0) is 19.4 Å². The lowest BCUT2D eigenvalue weighted by molar-refractivity contribution is -0.138. The zero-order valence-electron chi connectivity index (χ0n) is 18.8. The molecule has 0 aliphatic rings. The molecule has 0 saturated carbocycles. The number of carboxylic acids is 1. The predicted molar refractivity (Wildman–Crippen MR) is 120 cm³/mol. The Morgan fingerprint density at radius 2 is 1.06 bits per heavy atom. The third kappa shape index (κ3) is 19.5. The number of rotatable bonds is 15. The number of aliphatic hydroxyl groups is 10. The quantitative estimate of drug-likeness (QED) is 0.0674. The predicted octanol–water partition coefficient (Wildman–Crippen LogP) is -6.81. The van der Waals surface area contributed by atoms with E-state index >= 15 is 0 Å². The zero-order valence-corrected chi connectivity index (χ0v) is 19.6. The fourth-order valence-corrected chi connectivity index (χ4v) is 1.87. The molecule has 35 heavy (non-hydrogen) atoms. The van der Waals surface area contributed by atoms with Crippen molar-refractivity contribution in [1.82, 2.24) is 0 Å². The highest BCUT2D eigenvalue weighted by Gasteiger charge is 2.30. The number of carbonyl (C=O) groups is 3. The van der Waals surface area contributed by atoms with E-state index in [1.807, 2.05) is 0 Å². The van der Waals surface area contributed by atoms with Crippen molar-refractivity contribution >= 4 is 30.9 Å². The maximum atomic E-state index is 10.1. The van der Waals surface area contributed by atoms with Crippen molar-refractivity contribution in [1.29, 1.82) is 0 Å². The third-order valence-electron chi connectivity index (χ3n) is 4.13. The fourth-order valence-electron chi connectivity index (χ4n) is 1.87. The van der Waals surface area contributed by atoms with Gasteiger partial charge in [0, 0.05) is 0 Å². The number of aldehydes is 2. The Bertz CT molecular complexity index is 503. The van der Waals surface area contributed by atoms with E-state index in [-0.39, 0.29) is 25.0 Å². The van der Waals surface area contributed by atoms with Gasteiger partial charge in [-0.1, -0.05) is 6.42 Å². The molecule has 9 atom stereocenters. The molecule has 17 heteroatoms. The van der Waals surface area contributed by atoms with E-state index in [1.165, 1.54) is 0 Å². The molecule has 0 radical (unpaired) electrons. The van der Waals surface area contributed by atoms with Crippen molar-refractivity contribution in [3.05, 3.63) is 0 Å². The molecular weight excluding hydrogens is 504 g/mol. The van der Waals surface area contributed by atoms with Crippen LogP contribution in [-0.4, -0.2) is 149 Å². The van der Waals surface area contributed by atoms with E-state index in [0.29, 0.717) is 13.0 Å². The molecule has 0 saturated heterocycles. The molecule has 16 nitrogen and oxygen atoms in total. The molecule has 9 unspecified atom stereocenters. The molecule has 0 aromatic carbocycles. The lowest BCUT2D eigenvalue weighted by Gasteiger charge is -2.22. The van der Waals surface area contributed by atoms with Crippen LogP contribution in [0.1, 0.15) is 19.3 Å². The Labute approximate surface area is 207 Å². The van der Waals surface area contributed by atoms with E-state index in [2.05, 4.69) is 0 Å². The van der Waals surface area contributed by atoms with Crippen LogP contribution in [0.25, 0.3) is 0 Å². The summed E-state index contributed by atoms with van der Waals surface area (Å²) in [6, 6.07) is -0.716. The SMILES string of the molecule is Cl.NCCCCC(N)C(=O)O.O=CC(O)C(O)C(O)C(O)CO.O=CC(O)C(O)C(O)C(O)CO. The van der Waals surface area contributed by atoms with E-state index < -0.39 is 74.1 Å². The average molecular weight is 543 g/mol. The zero-order chi connectivity index (χ0) is 27.4. The molecule has 15 N–H and O–H groups in total. The van der Waals surface area contributed by atoms with Crippen LogP contribution in [-0.2, 0) is 14.4 Å².